The molecule has 5 rings (SSSR count). The fourth-order valence-electron chi connectivity index (χ4n) is 7.63. The molecule has 3 aliphatic heterocycles. The van der Waals surface area contributed by atoms with Crippen LogP contribution in [0.5, 0.6) is 11.5 Å². The number of anilines is 1. The highest BCUT2D eigenvalue weighted by atomic mass is 16.7. The molecule has 0 radical (unpaired) electrons. The average Bonchev–Trinajstić information content (AvgIpc) is 3.16. The second kappa shape index (κ2) is 17.7. The molecule has 3 heterocycles. The normalized spacial score (nSPS) is 32.1. The van der Waals surface area contributed by atoms with Crippen molar-refractivity contribution in [3.8, 4) is 11.5 Å². The van der Waals surface area contributed by atoms with E-state index in [1.807, 2.05) is 0 Å². The van der Waals surface area contributed by atoms with Crippen LogP contribution in [0.1, 0.15) is 83.8 Å². The lowest BCUT2D eigenvalue weighted by atomic mass is 9.75. The van der Waals surface area contributed by atoms with E-state index < -0.39 is 95.8 Å². The second-order valence-electron chi connectivity index (χ2n) is 15.3. The Balaban J connectivity index is 2.10. The molecule has 0 aromatic heterocycles. The number of nitrogens with one attached hydrogen (secondary N) is 1. The summed E-state index contributed by atoms with van der Waals surface area (Å²) in [4.78, 5) is 66.1. The number of amides is 1. The molecule has 1 aromatic carbocycles. The molecule has 1 unspecified atom stereocenters. The van der Waals surface area contributed by atoms with Crippen LogP contribution in [-0.2, 0) is 38.1 Å². The number of aromatic hydroxyl groups is 1. The minimum Gasteiger partial charge on any atom is -0.505 e. The van der Waals surface area contributed by atoms with E-state index in [1.165, 1.54) is 66.7 Å². The van der Waals surface area contributed by atoms with Crippen LogP contribution < -0.4 is 10.1 Å². The number of esters is 3. The van der Waals surface area contributed by atoms with Crippen molar-refractivity contribution in [2.45, 2.75) is 99.3 Å². The second-order valence-corrected chi connectivity index (χ2v) is 15.3. The number of hydrogen-bond donors (Lipinski definition) is 6. The van der Waals surface area contributed by atoms with Gasteiger partial charge in [-0.15, -0.1) is 0 Å². The predicted molar refractivity (Wildman–Crippen MR) is 208 cm³/mol. The van der Waals surface area contributed by atoms with Crippen LogP contribution in [-0.4, -0.2) is 99.1 Å². The Labute approximate surface area is 336 Å². The SMILES string of the molecule is COC(=O)[C@@H]1[C@H](O)[C@H](C)C(O)[C@H](C)/C=C\C=C(/C)C(=O)Nc2c(C)c(OC(C)=O)c3c(c2O)C(=O)C(C)=C2OCOC(=C23)/C(C)=C/[C@@](C)(O)[C@H](O)[C@@H](C)[C@H]1OC(C)=O. The Morgan fingerprint density at radius 1 is 0.897 bits per heavy atom. The van der Waals surface area contributed by atoms with E-state index >= 15 is 0 Å². The van der Waals surface area contributed by atoms with E-state index in [-0.39, 0.29) is 61.9 Å². The number of aliphatic hydroxyl groups excluding tert-OH is 3. The zero-order chi connectivity index (χ0) is 43.7. The van der Waals surface area contributed by atoms with Crippen molar-refractivity contribution in [1.29, 1.82) is 0 Å². The van der Waals surface area contributed by atoms with Gasteiger partial charge in [0.1, 0.15) is 34.9 Å². The average molecular weight is 812 g/mol. The minimum atomic E-state index is -2.22. The van der Waals surface area contributed by atoms with Crippen molar-refractivity contribution >= 4 is 40.9 Å². The number of fused-ring (bicyclic) bond motifs is 14. The van der Waals surface area contributed by atoms with Crippen molar-refractivity contribution in [3.63, 3.8) is 0 Å². The van der Waals surface area contributed by atoms with Crippen LogP contribution in [0.25, 0.3) is 5.57 Å². The lowest BCUT2D eigenvalue weighted by Gasteiger charge is -2.40. The number of benzene rings is 1. The monoisotopic (exact) mass is 811 g/mol. The van der Waals surface area contributed by atoms with Gasteiger partial charge >= 0.3 is 17.9 Å². The van der Waals surface area contributed by atoms with Gasteiger partial charge in [-0.25, -0.2) is 0 Å². The molecule has 0 saturated carbocycles. The molecule has 6 N–H and O–H groups in total. The Morgan fingerprint density at radius 2 is 1.52 bits per heavy atom. The molecule has 1 aromatic rings. The number of allylic oxidation sites excluding steroid dienone is 5. The van der Waals surface area contributed by atoms with Gasteiger partial charge in [0.15, 0.2) is 11.5 Å². The molecule has 316 valence electrons. The maximum Gasteiger partial charge on any atom is 0.315 e. The largest absolute Gasteiger partial charge is 0.505 e. The first-order valence-corrected chi connectivity index (χ1v) is 18.7. The topological polar surface area (TPSA) is 245 Å². The third-order valence-electron chi connectivity index (χ3n) is 10.9. The summed E-state index contributed by atoms with van der Waals surface area (Å²) in [6.07, 6.45) is -0.811. The summed E-state index contributed by atoms with van der Waals surface area (Å²) >= 11 is 0. The number of hydrogen-bond acceptors (Lipinski definition) is 15. The number of methoxy groups -OCH3 is 1. The third kappa shape index (κ3) is 8.74. The first-order valence-electron chi connectivity index (χ1n) is 18.7. The summed E-state index contributed by atoms with van der Waals surface area (Å²) in [6, 6.07) is 0. The minimum absolute atomic E-state index is 0.00972. The van der Waals surface area contributed by atoms with E-state index in [2.05, 4.69) is 5.32 Å². The van der Waals surface area contributed by atoms with Crippen molar-refractivity contribution in [2.24, 2.45) is 23.7 Å². The van der Waals surface area contributed by atoms with Crippen molar-refractivity contribution in [2.75, 3.05) is 19.2 Å². The molecule has 16 nitrogen and oxygen atoms in total. The molecule has 1 aliphatic carbocycles. The van der Waals surface area contributed by atoms with Gasteiger partial charge in [-0.3, -0.25) is 24.0 Å². The molecule has 0 fully saturated rings. The molecular weight excluding hydrogens is 758 g/mol. The highest BCUT2D eigenvalue weighted by Gasteiger charge is 2.49. The maximum absolute atomic E-state index is 14.0. The summed E-state index contributed by atoms with van der Waals surface area (Å²) in [5, 5.41) is 61.2. The summed E-state index contributed by atoms with van der Waals surface area (Å²) in [7, 11) is 1.06. The third-order valence-corrected chi connectivity index (χ3v) is 10.9. The molecule has 4 bridgehead atoms. The van der Waals surface area contributed by atoms with E-state index in [0.717, 1.165) is 21.0 Å². The molecule has 16 heteroatoms. The van der Waals surface area contributed by atoms with Crippen LogP contribution in [0.3, 0.4) is 0 Å². The summed E-state index contributed by atoms with van der Waals surface area (Å²) in [5.74, 6) is -9.71. The van der Waals surface area contributed by atoms with Crippen molar-refractivity contribution in [1.82, 2.24) is 0 Å². The fourth-order valence-corrected chi connectivity index (χ4v) is 7.63. The van der Waals surface area contributed by atoms with Gasteiger partial charge in [-0.1, -0.05) is 39.0 Å². The van der Waals surface area contributed by atoms with E-state index in [9.17, 15) is 49.5 Å². The van der Waals surface area contributed by atoms with Crippen LogP contribution in [0.2, 0.25) is 0 Å². The highest BCUT2D eigenvalue weighted by molar-refractivity contribution is 6.21. The van der Waals surface area contributed by atoms with Crippen LogP contribution in [0.15, 0.2) is 52.5 Å². The van der Waals surface area contributed by atoms with E-state index in [0.29, 0.717) is 0 Å². The van der Waals surface area contributed by atoms with Crippen molar-refractivity contribution in [3.05, 3.63) is 69.2 Å². The van der Waals surface area contributed by atoms with Gasteiger partial charge in [0, 0.05) is 53.9 Å². The molecule has 0 spiro atoms. The zero-order valence-corrected chi connectivity index (χ0v) is 34.5. The molecular formula is C42H53NO15. The van der Waals surface area contributed by atoms with Crippen molar-refractivity contribution < 1.29 is 73.2 Å². The van der Waals surface area contributed by atoms with Gasteiger partial charge in [-0.2, -0.15) is 0 Å². The fraction of sp³-hybridized carbons (Fsp3) is 0.500. The first-order chi connectivity index (χ1) is 27.0. The lowest BCUT2D eigenvalue weighted by Crippen LogP contribution is -2.54. The highest BCUT2D eigenvalue weighted by Crippen LogP contribution is 2.53. The number of carbonyl (C=O) groups excluding carboxylic acids is 5. The van der Waals surface area contributed by atoms with Gasteiger partial charge in [0.25, 0.3) is 5.91 Å². The molecule has 9 atom stereocenters. The Kier molecular flexibility index (Phi) is 13.8. The number of ether oxygens (including phenoxy) is 5. The summed E-state index contributed by atoms with van der Waals surface area (Å²) in [6.45, 7) is 13.4. The molecule has 4 aliphatic rings. The van der Waals surface area contributed by atoms with E-state index in [1.54, 1.807) is 13.0 Å². The maximum atomic E-state index is 14.0. The summed E-state index contributed by atoms with van der Waals surface area (Å²) < 4.78 is 28.0. The number of phenolic OH excluding ortho intramolecular Hbond substituents is 1. The van der Waals surface area contributed by atoms with Crippen LogP contribution in [0, 0.1) is 30.6 Å². The number of Topliss-reactive ketones (excluding diaryl/α,β-unsaturated/α-hetero) is 1. The van der Waals surface area contributed by atoms with Gasteiger partial charge in [0.05, 0.1) is 42.2 Å². The molecule has 1 amide bonds. The number of rotatable bonds is 3. The Hall–Kier alpha value is -5.29. The quantitative estimate of drug-likeness (QED) is 0.145. The van der Waals surface area contributed by atoms with Crippen LogP contribution in [0.4, 0.5) is 5.69 Å². The number of carbonyl (C=O) groups is 5. The Bertz CT molecular complexity index is 2040. The lowest BCUT2D eigenvalue weighted by molar-refractivity contribution is -0.181. The van der Waals surface area contributed by atoms with Gasteiger partial charge < -0.3 is 54.5 Å². The van der Waals surface area contributed by atoms with Gasteiger partial charge in [-0.05, 0) is 46.3 Å². The number of aliphatic hydroxyl groups is 4. The molecule has 0 saturated heterocycles. The number of ketones is 1. The predicted octanol–water partition coefficient (Wildman–Crippen LogP) is 3.68. The zero-order valence-electron chi connectivity index (χ0n) is 34.5. The smallest absolute Gasteiger partial charge is 0.315 e. The molecule has 58 heavy (non-hydrogen) atoms. The standard InChI is InChI=1S/C42H53NO15/c1-17-13-12-14-18(2)40(51)43-30-20(4)37(57-24(8)44)26-27(34(30)49)33(48)22(6)36-28(26)35(55-16-56-36)19(3)15-42(10,53)39(50)23(7)38(58-25(9)45)29(41(52)54-11)32(47)21(5)31(17)46/h12-15,17,21,23,29,31-32,38-39,46-47,49-50,53H,16H2,1-11H3,(H,43,51)/b13-12-,18-14+,19-15+/t17-,21-,23+,29-,31?,32-,38-,39-,42-/m1/s1. The summed E-state index contributed by atoms with van der Waals surface area (Å²) in [5.41, 5.74) is -2.49. The van der Waals surface area contributed by atoms with Crippen LogP contribution >= 0.6 is 0 Å². The first kappa shape index (κ1) is 45.4. The van der Waals surface area contributed by atoms with Gasteiger partial charge in [0.2, 0.25) is 6.79 Å². The number of phenols is 1. The van der Waals surface area contributed by atoms with E-state index in [4.69, 9.17) is 23.7 Å². The Morgan fingerprint density at radius 3 is 2.10 bits per heavy atom.